The SMILES string of the molecule is CCOc1ccc([C@H](C)N[C@H]2CCCn3ncnc32)cc1[N+](=O)[O-]. The molecular formula is C16H21N5O3. The Kier molecular flexibility index (Phi) is 4.75. The highest BCUT2D eigenvalue weighted by atomic mass is 16.6. The molecule has 0 radical (unpaired) electrons. The van der Waals surface area contributed by atoms with Crippen LogP contribution in [0.15, 0.2) is 24.5 Å². The van der Waals surface area contributed by atoms with Gasteiger partial charge in [-0.05, 0) is 38.3 Å². The lowest BCUT2D eigenvalue weighted by Gasteiger charge is -2.26. The Morgan fingerprint density at radius 3 is 3.12 bits per heavy atom. The van der Waals surface area contributed by atoms with E-state index in [0.29, 0.717) is 12.4 Å². The van der Waals surface area contributed by atoms with Crippen molar-refractivity contribution in [2.24, 2.45) is 0 Å². The molecule has 24 heavy (non-hydrogen) atoms. The average Bonchev–Trinajstić information content (AvgIpc) is 3.05. The van der Waals surface area contributed by atoms with Crippen LogP contribution in [0.3, 0.4) is 0 Å². The highest BCUT2D eigenvalue weighted by molar-refractivity contribution is 5.49. The molecule has 3 rings (SSSR count). The summed E-state index contributed by atoms with van der Waals surface area (Å²) in [5, 5.41) is 19.0. The molecule has 0 fully saturated rings. The third-order valence-corrected chi connectivity index (χ3v) is 4.25. The van der Waals surface area contributed by atoms with Gasteiger partial charge in [0.1, 0.15) is 12.2 Å². The van der Waals surface area contributed by atoms with E-state index >= 15 is 0 Å². The van der Waals surface area contributed by atoms with Crippen molar-refractivity contribution in [3.8, 4) is 5.75 Å². The van der Waals surface area contributed by atoms with Crippen molar-refractivity contribution in [2.45, 2.75) is 45.3 Å². The third kappa shape index (κ3) is 3.23. The summed E-state index contributed by atoms with van der Waals surface area (Å²) < 4.78 is 7.25. The van der Waals surface area contributed by atoms with Crippen LogP contribution >= 0.6 is 0 Å². The number of ether oxygens (including phenoxy) is 1. The molecule has 2 heterocycles. The van der Waals surface area contributed by atoms with Crippen molar-refractivity contribution in [3.63, 3.8) is 0 Å². The first kappa shape index (κ1) is 16.4. The van der Waals surface area contributed by atoms with Gasteiger partial charge < -0.3 is 10.1 Å². The highest BCUT2D eigenvalue weighted by Crippen LogP contribution is 2.32. The van der Waals surface area contributed by atoms with Crippen LogP contribution in [0, 0.1) is 10.1 Å². The second kappa shape index (κ2) is 6.96. The maximum atomic E-state index is 11.3. The number of hydrogen-bond donors (Lipinski definition) is 1. The fourth-order valence-electron chi connectivity index (χ4n) is 3.07. The van der Waals surface area contributed by atoms with Crippen molar-refractivity contribution < 1.29 is 9.66 Å². The van der Waals surface area contributed by atoms with E-state index in [1.165, 1.54) is 0 Å². The molecule has 0 spiro atoms. The van der Waals surface area contributed by atoms with E-state index in [2.05, 4.69) is 15.4 Å². The lowest BCUT2D eigenvalue weighted by molar-refractivity contribution is -0.385. The van der Waals surface area contributed by atoms with Gasteiger partial charge in [0.15, 0.2) is 5.75 Å². The lowest BCUT2D eigenvalue weighted by Crippen LogP contribution is -2.30. The molecule has 1 aromatic heterocycles. The number of aromatic nitrogens is 3. The molecule has 0 saturated carbocycles. The molecule has 128 valence electrons. The minimum Gasteiger partial charge on any atom is -0.487 e. The summed E-state index contributed by atoms with van der Waals surface area (Å²) in [6, 6.07) is 5.16. The van der Waals surface area contributed by atoms with Crippen LogP contribution in [0.25, 0.3) is 0 Å². The zero-order valence-corrected chi connectivity index (χ0v) is 13.8. The molecule has 1 N–H and O–H groups in total. The van der Waals surface area contributed by atoms with Crippen molar-refractivity contribution in [3.05, 3.63) is 46.0 Å². The van der Waals surface area contributed by atoms with Gasteiger partial charge in [-0.1, -0.05) is 6.07 Å². The zero-order valence-electron chi connectivity index (χ0n) is 13.8. The Morgan fingerprint density at radius 2 is 2.38 bits per heavy atom. The summed E-state index contributed by atoms with van der Waals surface area (Å²) in [5.41, 5.74) is 0.844. The normalized spacial score (nSPS) is 18.0. The number of fused-ring (bicyclic) bond motifs is 1. The van der Waals surface area contributed by atoms with Crippen LogP contribution in [-0.2, 0) is 6.54 Å². The summed E-state index contributed by atoms with van der Waals surface area (Å²) in [6.45, 7) is 5.08. The molecule has 8 heteroatoms. The van der Waals surface area contributed by atoms with Crippen LogP contribution in [-0.4, -0.2) is 26.3 Å². The Labute approximate surface area is 140 Å². The van der Waals surface area contributed by atoms with E-state index in [-0.39, 0.29) is 17.8 Å². The number of rotatable bonds is 6. The van der Waals surface area contributed by atoms with Gasteiger partial charge in [-0.2, -0.15) is 5.10 Å². The van der Waals surface area contributed by atoms with Crippen LogP contribution in [0.4, 0.5) is 5.69 Å². The first-order chi connectivity index (χ1) is 11.6. The number of benzene rings is 1. The van der Waals surface area contributed by atoms with Gasteiger partial charge in [-0.15, -0.1) is 0 Å². The number of nitrogens with one attached hydrogen (secondary N) is 1. The number of nitro groups is 1. The van der Waals surface area contributed by atoms with Crippen molar-refractivity contribution in [2.75, 3.05) is 6.61 Å². The quantitative estimate of drug-likeness (QED) is 0.646. The van der Waals surface area contributed by atoms with Gasteiger partial charge in [-0.3, -0.25) is 10.1 Å². The lowest BCUT2D eigenvalue weighted by atomic mass is 10.0. The van der Waals surface area contributed by atoms with Crippen LogP contribution in [0.1, 0.15) is 50.2 Å². The van der Waals surface area contributed by atoms with Gasteiger partial charge >= 0.3 is 5.69 Å². The largest absolute Gasteiger partial charge is 0.487 e. The predicted molar refractivity (Wildman–Crippen MR) is 87.8 cm³/mol. The van der Waals surface area contributed by atoms with Gasteiger partial charge in [-0.25, -0.2) is 9.67 Å². The molecule has 1 aliphatic heterocycles. The average molecular weight is 331 g/mol. The van der Waals surface area contributed by atoms with E-state index in [4.69, 9.17) is 4.74 Å². The summed E-state index contributed by atoms with van der Waals surface area (Å²) >= 11 is 0. The fourth-order valence-corrected chi connectivity index (χ4v) is 3.07. The van der Waals surface area contributed by atoms with Crippen molar-refractivity contribution in [1.82, 2.24) is 20.1 Å². The molecule has 2 aromatic rings. The van der Waals surface area contributed by atoms with Crippen molar-refractivity contribution >= 4 is 5.69 Å². The summed E-state index contributed by atoms with van der Waals surface area (Å²) in [4.78, 5) is 15.2. The number of nitro benzene ring substituents is 1. The Bertz CT molecular complexity index is 730. The summed E-state index contributed by atoms with van der Waals surface area (Å²) in [5.74, 6) is 1.23. The first-order valence-electron chi connectivity index (χ1n) is 8.15. The first-order valence-corrected chi connectivity index (χ1v) is 8.15. The number of nitrogens with zero attached hydrogens (tertiary/aromatic N) is 4. The van der Waals surface area contributed by atoms with Gasteiger partial charge in [0, 0.05) is 18.7 Å². The van der Waals surface area contributed by atoms with E-state index in [9.17, 15) is 10.1 Å². The number of hydrogen-bond acceptors (Lipinski definition) is 6. The Balaban J connectivity index is 1.80. The van der Waals surface area contributed by atoms with Gasteiger partial charge in [0.05, 0.1) is 17.6 Å². The molecule has 2 atom stereocenters. The van der Waals surface area contributed by atoms with Crippen LogP contribution in [0.5, 0.6) is 5.75 Å². The topological polar surface area (TPSA) is 95.1 Å². The van der Waals surface area contributed by atoms with Gasteiger partial charge in [0.2, 0.25) is 0 Å². The van der Waals surface area contributed by atoms with E-state index in [1.807, 2.05) is 17.7 Å². The maximum Gasteiger partial charge on any atom is 0.311 e. The monoisotopic (exact) mass is 331 g/mol. The van der Waals surface area contributed by atoms with Gasteiger partial charge in [0.25, 0.3) is 0 Å². The predicted octanol–water partition coefficient (Wildman–Crippen LogP) is 2.77. The van der Waals surface area contributed by atoms with E-state index < -0.39 is 4.92 Å². The van der Waals surface area contributed by atoms with E-state index in [0.717, 1.165) is 30.8 Å². The molecule has 1 aliphatic rings. The Morgan fingerprint density at radius 1 is 1.54 bits per heavy atom. The minimum atomic E-state index is -0.404. The molecule has 1 aromatic carbocycles. The molecule has 0 aliphatic carbocycles. The van der Waals surface area contributed by atoms with Crippen LogP contribution < -0.4 is 10.1 Å². The van der Waals surface area contributed by atoms with Crippen molar-refractivity contribution in [1.29, 1.82) is 0 Å². The molecule has 0 amide bonds. The summed E-state index contributed by atoms with van der Waals surface area (Å²) in [6.07, 6.45) is 3.58. The molecular weight excluding hydrogens is 310 g/mol. The molecule has 8 nitrogen and oxygen atoms in total. The smallest absolute Gasteiger partial charge is 0.311 e. The minimum absolute atomic E-state index is 0.00480. The van der Waals surface area contributed by atoms with Crippen LogP contribution in [0.2, 0.25) is 0 Å². The maximum absolute atomic E-state index is 11.3. The van der Waals surface area contributed by atoms with E-state index in [1.54, 1.807) is 25.4 Å². The molecule has 0 unspecified atom stereocenters. The molecule has 0 bridgehead atoms. The standard InChI is InChI=1S/C16H21N5O3/c1-3-24-15-7-6-12(9-14(15)21(22)23)11(2)19-13-5-4-8-20-16(13)17-10-18-20/h6-7,9-11,13,19H,3-5,8H2,1-2H3/t11-,13-/m0/s1. The summed E-state index contributed by atoms with van der Waals surface area (Å²) in [7, 11) is 0. The zero-order chi connectivity index (χ0) is 17.1. The Hall–Kier alpha value is -2.48. The molecule has 0 saturated heterocycles. The second-order valence-electron chi connectivity index (χ2n) is 5.84. The third-order valence-electron chi connectivity index (χ3n) is 4.25. The number of aryl methyl sites for hydroxylation is 1. The fraction of sp³-hybridized carbons (Fsp3) is 0.500. The highest BCUT2D eigenvalue weighted by Gasteiger charge is 2.25. The second-order valence-corrected chi connectivity index (χ2v) is 5.84.